The molecule has 0 aromatic rings. The zero-order chi connectivity index (χ0) is 13.2. The normalized spacial score (nSPS) is 10.2. The fraction of sp³-hybridized carbons (Fsp3) is 0.625. The van der Waals surface area contributed by atoms with Gasteiger partial charge >= 0.3 is 10.4 Å². The molecule has 7 nitrogen and oxygen atoms in total. The molecule has 0 aliphatic heterocycles. The average molecular weight is 254 g/mol. The second kappa shape index (κ2) is 9.28. The summed E-state index contributed by atoms with van der Waals surface area (Å²) >= 11 is 0. The van der Waals surface area contributed by atoms with Crippen LogP contribution < -0.4 is 11.1 Å². The van der Waals surface area contributed by atoms with Gasteiger partial charge in [-0.05, 0) is 26.4 Å². The maximum absolute atomic E-state index is 10.4. The standard InChI is InChI=1S/C7H14N2O.CH4O4S/c1-6(7(8)10)4-3-5-9-2;1-5-6(2,3)4/h9H,1,3-5H2,2H3,(H2,8,10);1H3,(H,2,3,4). The van der Waals surface area contributed by atoms with Crippen molar-refractivity contribution in [2.75, 3.05) is 20.7 Å². The fourth-order valence-electron chi connectivity index (χ4n) is 0.602. The van der Waals surface area contributed by atoms with Crippen LogP contribution in [0.5, 0.6) is 0 Å². The van der Waals surface area contributed by atoms with E-state index >= 15 is 0 Å². The van der Waals surface area contributed by atoms with E-state index in [1.165, 1.54) is 0 Å². The molecule has 0 spiro atoms. The topological polar surface area (TPSA) is 119 Å². The van der Waals surface area contributed by atoms with Crippen molar-refractivity contribution in [3.63, 3.8) is 0 Å². The lowest BCUT2D eigenvalue weighted by atomic mass is 10.1. The van der Waals surface area contributed by atoms with Gasteiger partial charge in [-0.1, -0.05) is 6.58 Å². The van der Waals surface area contributed by atoms with Gasteiger partial charge in [-0.15, -0.1) is 0 Å². The van der Waals surface area contributed by atoms with Crippen LogP contribution in [-0.4, -0.2) is 39.6 Å². The van der Waals surface area contributed by atoms with Crippen LogP contribution in [0.15, 0.2) is 12.2 Å². The Morgan fingerprint density at radius 3 is 2.25 bits per heavy atom. The van der Waals surface area contributed by atoms with Crippen LogP contribution in [0.1, 0.15) is 12.8 Å². The van der Waals surface area contributed by atoms with E-state index in [0.29, 0.717) is 12.0 Å². The van der Waals surface area contributed by atoms with Crippen molar-refractivity contribution in [3.05, 3.63) is 12.2 Å². The molecule has 4 N–H and O–H groups in total. The molecule has 0 saturated heterocycles. The molecule has 0 saturated carbocycles. The molecule has 0 unspecified atom stereocenters. The van der Waals surface area contributed by atoms with E-state index in [-0.39, 0.29) is 0 Å². The lowest BCUT2D eigenvalue weighted by Gasteiger charge is -1.99. The van der Waals surface area contributed by atoms with Gasteiger partial charge in [0.2, 0.25) is 5.91 Å². The van der Waals surface area contributed by atoms with Crippen molar-refractivity contribution in [1.29, 1.82) is 0 Å². The van der Waals surface area contributed by atoms with Crippen LogP contribution in [0, 0.1) is 0 Å². The van der Waals surface area contributed by atoms with Gasteiger partial charge in [0, 0.05) is 5.57 Å². The maximum Gasteiger partial charge on any atom is 0.397 e. The van der Waals surface area contributed by atoms with Gasteiger partial charge in [0.25, 0.3) is 0 Å². The first-order valence-electron chi connectivity index (χ1n) is 4.39. The van der Waals surface area contributed by atoms with Crippen molar-refractivity contribution < 1.29 is 21.9 Å². The van der Waals surface area contributed by atoms with E-state index in [1.54, 1.807) is 0 Å². The molecule has 0 atom stereocenters. The highest BCUT2D eigenvalue weighted by Gasteiger charge is 1.98. The summed E-state index contributed by atoms with van der Waals surface area (Å²) in [6.45, 7) is 4.42. The Labute approximate surface area is 95.6 Å². The Hall–Kier alpha value is -0.960. The van der Waals surface area contributed by atoms with E-state index < -0.39 is 16.3 Å². The van der Waals surface area contributed by atoms with Crippen LogP contribution in [0.25, 0.3) is 0 Å². The van der Waals surface area contributed by atoms with Crippen molar-refractivity contribution in [2.45, 2.75) is 12.8 Å². The summed E-state index contributed by atoms with van der Waals surface area (Å²) in [5.41, 5.74) is 5.47. The van der Waals surface area contributed by atoms with Crippen LogP contribution in [-0.2, 0) is 19.4 Å². The lowest BCUT2D eigenvalue weighted by molar-refractivity contribution is -0.114. The zero-order valence-corrected chi connectivity index (χ0v) is 10.2. The zero-order valence-electron chi connectivity index (χ0n) is 9.39. The summed E-state index contributed by atoms with van der Waals surface area (Å²) in [5.74, 6) is -0.392. The Morgan fingerprint density at radius 2 is 2.00 bits per heavy atom. The predicted molar refractivity (Wildman–Crippen MR) is 60.1 cm³/mol. The molecule has 0 bridgehead atoms. The number of amides is 1. The molecule has 0 heterocycles. The quantitative estimate of drug-likeness (QED) is 0.333. The van der Waals surface area contributed by atoms with Crippen LogP contribution in [0.4, 0.5) is 0 Å². The van der Waals surface area contributed by atoms with Crippen molar-refractivity contribution in [1.82, 2.24) is 5.32 Å². The number of carbonyl (C=O) groups is 1. The third kappa shape index (κ3) is 15.5. The number of nitrogens with two attached hydrogens (primary N) is 1. The fourth-order valence-corrected chi connectivity index (χ4v) is 0.602. The SMILES string of the molecule is C=C(CCCNC)C(N)=O.COS(=O)(=O)O. The number of hydrogen-bond donors (Lipinski definition) is 3. The number of primary amides is 1. The van der Waals surface area contributed by atoms with Gasteiger partial charge < -0.3 is 11.1 Å². The summed E-state index contributed by atoms with van der Waals surface area (Å²) in [5, 5.41) is 2.97. The minimum absolute atomic E-state index is 0.392. The van der Waals surface area contributed by atoms with Gasteiger partial charge in [0.05, 0.1) is 7.11 Å². The van der Waals surface area contributed by atoms with Gasteiger partial charge in [0.1, 0.15) is 0 Å². The molecule has 0 aliphatic carbocycles. The third-order valence-corrected chi connectivity index (χ3v) is 1.89. The summed E-state index contributed by atoms with van der Waals surface area (Å²) < 4.78 is 29.7. The Bertz CT molecular complexity index is 312. The summed E-state index contributed by atoms with van der Waals surface area (Å²) in [6.07, 6.45) is 1.61. The molecule has 0 aliphatic rings. The van der Waals surface area contributed by atoms with E-state index in [1.807, 2.05) is 7.05 Å². The third-order valence-electron chi connectivity index (χ3n) is 1.46. The van der Waals surface area contributed by atoms with Gasteiger partial charge in [-0.3, -0.25) is 13.5 Å². The average Bonchev–Trinajstić information content (AvgIpc) is 2.17. The lowest BCUT2D eigenvalue weighted by Crippen LogP contribution is -2.15. The van der Waals surface area contributed by atoms with Crippen LogP contribution >= 0.6 is 0 Å². The second-order valence-corrected chi connectivity index (χ2v) is 3.96. The molecule has 0 aromatic carbocycles. The molecule has 0 aromatic heterocycles. The first kappa shape index (κ1) is 17.4. The molecule has 0 radical (unpaired) electrons. The number of rotatable bonds is 6. The number of hydrogen-bond acceptors (Lipinski definition) is 5. The Kier molecular flexibility index (Phi) is 10.1. The second-order valence-electron chi connectivity index (χ2n) is 2.77. The number of carbonyl (C=O) groups excluding carboxylic acids is 1. The molecular weight excluding hydrogens is 236 g/mol. The van der Waals surface area contributed by atoms with E-state index in [4.69, 9.17) is 10.3 Å². The molecule has 0 rings (SSSR count). The summed E-state index contributed by atoms with van der Waals surface area (Å²) in [6, 6.07) is 0. The van der Waals surface area contributed by atoms with Crippen molar-refractivity contribution >= 4 is 16.3 Å². The van der Waals surface area contributed by atoms with E-state index in [2.05, 4.69) is 16.1 Å². The molecule has 1 amide bonds. The molecule has 8 heteroatoms. The molecular formula is C8H18N2O5S. The van der Waals surface area contributed by atoms with Crippen molar-refractivity contribution in [2.24, 2.45) is 5.73 Å². The Balaban J connectivity index is 0. The first-order valence-corrected chi connectivity index (χ1v) is 5.76. The summed E-state index contributed by atoms with van der Waals surface area (Å²) in [7, 11) is -1.42. The largest absolute Gasteiger partial charge is 0.397 e. The van der Waals surface area contributed by atoms with Crippen LogP contribution in [0.2, 0.25) is 0 Å². The highest BCUT2D eigenvalue weighted by molar-refractivity contribution is 7.80. The van der Waals surface area contributed by atoms with Crippen molar-refractivity contribution in [3.8, 4) is 0 Å². The molecule has 16 heavy (non-hydrogen) atoms. The Morgan fingerprint density at radius 1 is 1.56 bits per heavy atom. The van der Waals surface area contributed by atoms with Gasteiger partial charge in [-0.2, -0.15) is 8.42 Å². The highest BCUT2D eigenvalue weighted by atomic mass is 32.3. The molecule has 0 fully saturated rings. The predicted octanol–water partition coefficient (Wildman–Crippen LogP) is -0.537. The maximum atomic E-state index is 10.4. The first-order chi connectivity index (χ1) is 7.24. The van der Waals surface area contributed by atoms with Gasteiger partial charge in [-0.25, -0.2) is 0 Å². The van der Waals surface area contributed by atoms with E-state index in [0.717, 1.165) is 20.1 Å². The smallest absolute Gasteiger partial charge is 0.366 e. The van der Waals surface area contributed by atoms with Gasteiger partial charge in [0.15, 0.2) is 0 Å². The monoisotopic (exact) mass is 254 g/mol. The van der Waals surface area contributed by atoms with Crippen LogP contribution in [0.3, 0.4) is 0 Å². The minimum Gasteiger partial charge on any atom is -0.366 e. The summed E-state index contributed by atoms with van der Waals surface area (Å²) in [4.78, 5) is 10.4. The van der Waals surface area contributed by atoms with E-state index in [9.17, 15) is 13.2 Å². The molecule has 96 valence electrons. The highest BCUT2D eigenvalue weighted by Crippen LogP contribution is 1.98. The number of nitrogens with one attached hydrogen (secondary N) is 1. The minimum atomic E-state index is -4.16.